The molecule has 3 unspecified atom stereocenters. The fourth-order valence-electron chi connectivity index (χ4n) is 3.77. The van der Waals surface area contributed by atoms with Gasteiger partial charge in [0.25, 0.3) is 0 Å². The van der Waals surface area contributed by atoms with Crippen LogP contribution in [0.5, 0.6) is 0 Å². The first-order chi connectivity index (χ1) is 8.85. The first kappa shape index (κ1) is 14.3. The Balaban J connectivity index is 1.82. The number of aliphatic hydroxyl groups excluding tert-OH is 1. The monoisotopic (exact) mass is 254 g/mol. The van der Waals surface area contributed by atoms with Crippen LogP contribution in [-0.2, 0) is 0 Å². The first-order valence-corrected chi connectivity index (χ1v) is 7.93. The number of nitrogens with zero attached hydrogens (tertiary/aromatic N) is 1. The molecule has 0 spiro atoms. The maximum atomic E-state index is 9.18. The van der Waals surface area contributed by atoms with E-state index in [1.807, 2.05) is 0 Å². The minimum Gasteiger partial charge on any atom is -0.396 e. The van der Waals surface area contributed by atoms with Crippen LogP contribution in [0, 0.1) is 5.92 Å². The van der Waals surface area contributed by atoms with Crippen LogP contribution >= 0.6 is 0 Å². The minimum absolute atomic E-state index is 0.309. The quantitative estimate of drug-likeness (QED) is 0.729. The van der Waals surface area contributed by atoms with Gasteiger partial charge < -0.3 is 10.4 Å². The molecule has 1 aliphatic carbocycles. The standard InChI is InChI=1S/C15H30N2O/c1-2-9-16-14(8-11-18)12-17-10-7-13-5-3-4-6-15(13)17/h13-16,18H,2-12H2,1H3. The Kier molecular flexibility index (Phi) is 5.93. The normalized spacial score (nSPS) is 30.3. The van der Waals surface area contributed by atoms with Crippen LogP contribution in [-0.4, -0.2) is 48.3 Å². The molecule has 2 fully saturated rings. The summed E-state index contributed by atoms with van der Waals surface area (Å²) in [5.41, 5.74) is 0. The number of hydrogen-bond donors (Lipinski definition) is 2. The Morgan fingerprint density at radius 2 is 2.11 bits per heavy atom. The van der Waals surface area contributed by atoms with Crippen LogP contribution in [0.3, 0.4) is 0 Å². The van der Waals surface area contributed by atoms with E-state index in [9.17, 15) is 5.11 Å². The van der Waals surface area contributed by atoms with Crippen LogP contribution in [0.25, 0.3) is 0 Å². The Bertz CT molecular complexity index is 235. The number of fused-ring (bicyclic) bond motifs is 1. The molecule has 2 rings (SSSR count). The SMILES string of the molecule is CCCNC(CCO)CN1CCC2CCCCC21. The second-order valence-corrected chi connectivity index (χ2v) is 6.06. The average molecular weight is 254 g/mol. The van der Waals surface area contributed by atoms with Crippen LogP contribution in [0.1, 0.15) is 51.9 Å². The summed E-state index contributed by atoms with van der Waals surface area (Å²) in [5.74, 6) is 0.972. The number of rotatable bonds is 7. The van der Waals surface area contributed by atoms with Gasteiger partial charge in [0.2, 0.25) is 0 Å². The van der Waals surface area contributed by atoms with Crippen molar-refractivity contribution in [2.24, 2.45) is 5.92 Å². The van der Waals surface area contributed by atoms with E-state index in [-0.39, 0.29) is 0 Å². The maximum absolute atomic E-state index is 9.18. The van der Waals surface area contributed by atoms with Gasteiger partial charge in [0.05, 0.1) is 0 Å². The highest BCUT2D eigenvalue weighted by atomic mass is 16.3. The third-order valence-corrected chi connectivity index (χ3v) is 4.74. The Morgan fingerprint density at radius 1 is 1.28 bits per heavy atom. The van der Waals surface area contributed by atoms with Gasteiger partial charge in [0.15, 0.2) is 0 Å². The summed E-state index contributed by atoms with van der Waals surface area (Å²) in [5, 5.41) is 12.8. The van der Waals surface area contributed by atoms with Gasteiger partial charge in [-0.1, -0.05) is 19.8 Å². The van der Waals surface area contributed by atoms with Gasteiger partial charge in [-0.2, -0.15) is 0 Å². The van der Waals surface area contributed by atoms with Crippen molar-refractivity contribution in [3.63, 3.8) is 0 Å². The van der Waals surface area contributed by atoms with Gasteiger partial charge in [0.1, 0.15) is 0 Å². The minimum atomic E-state index is 0.309. The summed E-state index contributed by atoms with van der Waals surface area (Å²) in [6.45, 7) is 6.01. The molecule has 106 valence electrons. The summed E-state index contributed by atoms with van der Waals surface area (Å²) < 4.78 is 0. The summed E-state index contributed by atoms with van der Waals surface area (Å²) in [6, 6.07) is 1.33. The highest BCUT2D eigenvalue weighted by molar-refractivity contribution is 4.91. The van der Waals surface area contributed by atoms with E-state index in [1.54, 1.807) is 0 Å². The molecule has 0 amide bonds. The van der Waals surface area contributed by atoms with Gasteiger partial charge >= 0.3 is 0 Å². The van der Waals surface area contributed by atoms with Crippen LogP contribution in [0.15, 0.2) is 0 Å². The third-order valence-electron chi connectivity index (χ3n) is 4.74. The zero-order chi connectivity index (χ0) is 12.8. The molecule has 1 heterocycles. The molecule has 2 N–H and O–H groups in total. The molecule has 18 heavy (non-hydrogen) atoms. The van der Waals surface area contributed by atoms with Crippen molar-refractivity contribution in [3.05, 3.63) is 0 Å². The molecule has 0 aromatic rings. The molecule has 2 aliphatic rings. The van der Waals surface area contributed by atoms with Gasteiger partial charge in [-0.25, -0.2) is 0 Å². The average Bonchev–Trinajstić information content (AvgIpc) is 2.80. The molecule has 1 saturated heterocycles. The lowest BCUT2D eigenvalue weighted by Crippen LogP contribution is -2.45. The third kappa shape index (κ3) is 3.69. The van der Waals surface area contributed by atoms with Gasteiger partial charge in [0, 0.05) is 25.2 Å². The van der Waals surface area contributed by atoms with Crippen molar-refractivity contribution < 1.29 is 5.11 Å². The lowest BCUT2D eigenvalue weighted by Gasteiger charge is -2.34. The fourth-order valence-corrected chi connectivity index (χ4v) is 3.77. The van der Waals surface area contributed by atoms with Gasteiger partial charge in [-0.05, 0) is 51.1 Å². The van der Waals surface area contributed by atoms with Crippen LogP contribution in [0.2, 0.25) is 0 Å². The van der Waals surface area contributed by atoms with Gasteiger partial charge in [-0.15, -0.1) is 0 Å². The molecule has 0 aromatic carbocycles. The largest absolute Gasteiger partial charge is 0.396 e. The van der Waals surface area contributed by atoms with Crippen molar-refractivity contribution in [1.29, 1.82) is 0 Å². The molecule has 0 aromatic heterocycles. The molecule has 0 radical (unpaired) electrons. The van der Waals surface area contributed by atoms with E-state index in [2.05, 4.69) is 17.1 Å². The maximum Gasteiger partial charge on any atom is 0.0446 e. The lowest BCUT2D eigenvalue weighted by atomic mass is 9.85. The Morgan fingerprint density at radius 3 is 2.89 bits per heavy atom. The number of hydrogen-bond acceptors (Lipinski definition) is 3. The van der Waals surface area contributed by atoms with E-state index in [4.69, 9.17) is 0 Å². The smallest absolute Gasteiger partial charge is 0.0446 e. The van der Waals surface area contributed by atoms with E-state index in [0.717, 1.165) is 31.5 Å². The molecule has 0 bridgehead atoms. The number of nitrogens with one attached hydrogen (secondary N) is 1. The Labute approximate surface area is 112 Å². The zero-order valence-corrected chi connectivity index (χ0v) is 11.9. The predicted octanol–water partition coefficient (Wildman–Crippen LogP) is 2.00. The Hall–Kier alpha value is -0.120. The fraction of sp³-hybridized carbons (Fsp3) is 1.00. The van der Waals surface area contributed by atoms with Crippen molar-refractivity contribution in [2.45, 2.75) is 64.0 Å². The van der Waals surface area contributed by atoms with E-state index in [0.29, 0.717) is 12.6 Å². The van der Waals surface area contributed by atoms with Crippen molar-refractivity contribution in [3.8, 4) is 0 Å². The summed E-state index contributed by atoms with van der Waals surface area (Å²) >= 11 is 0. The predicted molar refractivity (Wildman–Crippen MR) is 75.7 cm³/mol. The first-order valence-electron chi connectivity index (χ1n) is 7.93. The zero-order valence-electron chi connectivity index (χ0n) is 11.9. The van der Waals surface area contributed by atoms with E-state index < -0.39 is 0 Å². The lowest BCUT2D eigenvalue weighted by molar-refractivity contribution is 0.156. The van der Waals surface area contributed by atoms with Crippen LogP contribution in [0.4, 0.5) is 0 Å². The highest BCUT2D eigenvalue weighted by Crippen LogP contribution is 2.36. The van der Waals surface area contributed by atoms with Crippen molar-refractivity contribution >= 4 is 0 Å². The van der Waals surface area contributed by atoms with E-state index in [1.165, 1.54) is 45.1 Å². The molecule has 3 heteroatoms. The van der Waals surface area contributed by atoms with E-state index >= 15 is 0 Å². The van der Waals surface area contributed by atoms with Gasteiger partial charge in [-0.3, -0.25) is 4.90 Å². The van der Waals surface area contributed by atoms with Crippen LogP contribution < -0.4 is 5.32 Å². The topological polar surface area (TPSA) is 35.5 Å². The molecule has 1 saturated carbocycles. The molecule has 3 nitrogen and oxygen atoms in total. The van der Waals surface area contributed by atoms with Crippen molar-refractivity contribution in [2.75, 3.05) is 26.2 Å². The second-order valence-electron chi connectivity index (χ2n) is 6.06. The number of likely N-dealkylation sites (tertiary alicyclic amines) is 1. The number of aliphatic hydroxyl groups is 1. The second kappa shape index (κ2) is 7.46. The summed E-state index contributed by atoms with van der Waals surface area (Å²) in [7, 11) is 0. The highest BCUT2D eigenvalue weighted by Gasteiger charge is 2.36. The molecule has 3 atom stereocenters. The molecule has 1 aliphatic heterocycles. The van der Waals surface area contributed by atoms with Crippen molar-refractivity contribution in [1.82, 2.24) is 10.2 Å². The summed E-state index contributed by atoms with van der Waals surface area (Å²) in [4.78, 5) is 2.70. The summed E-state index contributed by atoms with van der Waals surface area (Å²) in [6.07, 6.45) is 9.21. The molecular formula is C15H30N2O. The molecular weight excluding hydrogens is 224 g/mol.